The van der Waals surface area contributed by atoms with E-state index >= 15 is 0 Å². The number of benzene rings is 2. The molecule has 0 aliphatic heterocycles. The summed E-state index contributed by atoms with van der Waals surface area (Å²) in [6, 6.07) is 10.2. The van der Waals surface area contributed by atoms with Crippen molar-refractivity contribution in [3.05, 3.63) is 64.2 Å². The number of alkyl halides is 4. The Hall–Kier alpha value is -1.20. The van der Waals surface area contributed by atoms with Crippen LogP contribution >= 0.6 is 27.5 Å². The van der Waals surface area contributed by atoms with Gasteiger partial charge in [0.05, 0.1) is 17.5 Å². The maximum absolute atomic E-state index is 12.5. The van der Waals surface area contributed by atoms with Crippen LogP contribution in [0.4, 0.5) is 13.2 Å². The Morgan fingerprint density at radius 3 is 2.19 bits per heavy atom. The summed E-state index contributed by atoms with van der Waals surface area (Å²) in [5.41, 5.74) is 0.777. The predicted octanol–water partition coefficient (Wildman–Crippen LogP) is 5.85. The van der Waals surface area contributed by atoms with E-state index in [4.69, 9.17) is 16.3 Å². The Labute approximate surface area is 133 Å². The average Bonchev–Trinajstić information content (AvgIpc) is 2.45. The zero-order valence-corrected chi connectivity index (χ0v) is 13.3. The van der Waals surface area contributed by atoms with Gasteiger partial charge in [-0.3, -0.25) is 0 Å². The van der Waals surface area contributed by atoms with Gasteiger partial charge in [0.25, 0.3) is 0 Å². The molecule has 1 atom stereocenters. The van der Waals surface area contributed by atoms with Crippen LogP contribution in [-0.2, 0) is 6.18 Å². The van der Waals surface area contributed by atoms with Crippen LogP contribution in [0, 0.1) is 0 Å². The van der Waals surface area contributed by atoms with Gasteiger partial charge in [-0.2, -0.15) is 13.2 Å². The highest BCUT2D eigenvalue weighted by atomic mass is 79.9. The quantitative estimate of drug-likeness (QED) is 0.608. The highest BCUT2D eigenvalue weighted by molar-refractivity contribution is 9.09. The van der Waals surface area contributed by atoms with Crippen molar-refractivity contribution >= 4 is 27.5 Å². The number of hydrogen-bond acceptors (Lipinski definition) is 1. The first-order chi connectivity index (χ1) is 9.82. The second-order valence-electron chi connectivity index (χ2n) is 4.37. The summed E-state index contributed by atoms with van der Waals surface area (Å²) >= 11 is 9.63. The van der Waals surface area contributed by atoms with Crippen LogP contribution in [-0.4, -0.2) is 7.11 Å². The summed E-state index contributed by atoms with van der Waals surface area (Å²) in [6.07, 6.45) is -4.34. The lowest BCUT2D eigenvalue weighted by molar-refractivity contribution is -0.137. The Bertz CT molecular complexity index is 626. The molecule has 6 heteroatoms. The maximum atomic E-state index is 12.5. The lowest BCUT2D eigenvalue weighted by atomic mass is 10.0. The Kier molecular flexibility index (Phi) is 4.84. The zero-order chi connectivity index (χ0) is 15.6. The second-order valence-corrected chi connectivity index (χ2v) is 5.69. The van der Waals surface area contributed by atoms with E-state index in [1.165, 1.54) is 19.2 Å². The third-order valence-electron chi connectivity index (χ3n) is 3.01. The third kappa shape index (κ3) is 3.71. The van der Waals surface area contributed by atoms with Gasteiger partial charge in [0.1, 0.15) is 5.75 Å². The molecule has 1 nitrogen and oxygen atoms in total. The molecule has 0 aromatic heterocycles. The number of halogens is 5. The van der Waals surface area contributed by atoms with Crippen LogP contribution in [0.15, 0.2) is 42.5 Å². The van der Waals surface area contributed by atoms with Crippen molar-refractivity contribution in [2.24, 2.45) is 0 Å². The van der Waals surface area contributed by atoms with Crippen LogP contribution in [0.2, 0.25) is 5.02 Å². The maximum Gasteiger partial charge on any atom is 0.416 e. The Balaban J connectivity index is 2.30. The van der Waals surface area contributed by atoms with Gasteiger partial charge >= 0.3 is 6.18 Å². The number of rotatable bonds is 3. The van der Waals surface area contributed by atoms with Crippen LogP contribution in [0.25, 0.3) is 0 Å². The fraction of sp³-hybridized carbons (Fsp3) is 0.200. The summed E-state index contributed by atoms with van der Waals surface area (Å²) in [7, 11) is 1.53. The molecule has 0 saturated heterocycles. The molecule has 0 spiro atoms. The van der Waals surface area contributed by atoms with E-state index in [0.717, 1.165) is 17.7 Å². The van der Waals surface area contributed by atoms with E-state index in [9.17, 15) is 13.2 Å². The van der Waals surface area contributed by atoms with Crippen molar-refractivity contribution in [1.29, 1.82) is 0 Å². The molecule has 1 unspecified atom stereocenters. The summed E-state index contributed by atoms with van der Waals surface area (Å²) in [4.78, 5) is -0.293. The molecule has 0 saturated carbocycles. The van der Waals surface area contributed by atoms with Crippen LogP contribution in [0.5, 0.6) is 5.75 Å². The molecule has 0 radical (unpaired) electrons. The van der Waals surface area contributed by atoms with Crippen molar-refractivity contribution in [2.75, 3.05) is 7.11 Å². The molecule has 2 rings (SSSR count). The molecular weight excluding hydrogens is 369 g/mol. The minimum Gasteiger partial charge on any atom is -0.497 e. The van der Waals surface area contributed by atoms with Crippen LogP contribution in [0.3, 0.4) is 0 Å². The predicted molar refractivity (Wildman–Crippen MR) is 80.2 cm³/mol. The fourth-order valence-corrected chi connectivity index (χ4v) is 2.98. The first-order valence-corrected chi connectivity index (χ1v) is 7.27. The minimum atomic E-state index is -4.34. The topological polar surface area (TPSA) is 9.23 Å². The molecular formula is C15H11BrClF3O. The molecule has 0 amide bonds. The standard InChI is InChI=1S/C15H11BrClF3O/c1-21-11-6-7-12(13(17)8-11)14(16)9-2-4-10(5-3-9)15(18,19)20/h2-8,14H,1H3. The van der Waals surface area contributed by atoms with E-state index in [0.29, 0.717) is 16.3 Å². The first kappa shape index (κ1) is 16.2. The molecule has 2 aromatic rings. The van der Waals surface area contributed by atoms with Crippen molar-refractivity contribution in [3.8, 4) is 5.75 Å². The monoisotopic (exact) mass is 378 g/mol. The van der Waals surface area contributed by atoms with Gasteiger partial charge in [-0.05, 0) is 35.4 Å². The highest BCUT2D eigenvalue weighted by Gasteiger charge is 2.30. The second kappa shape index (κ2) is 6.28. The first-order valence-electron chi connectivity index (χ1n) is 5.97. The number of methoxy groups -OCH3 is 1. The molecule has 0 aliphatic carbocycles. The van der Waals surface area contributed by atoms with Crippen LogP contribution < -0.4 is 4.74 Å². The van der Waals surface area contributed by atoms with Crippen molar-refractivity contribution in [1.82, 2.24) is 0 Å². The van der Waals surface area contributed by atoms with Gasteiger partial charge in [0.2, 0.25) is 0 Å². The number of hydrogen-bond donors (Lipinski definition) is 0. The molecule has 0 N–H and O–H groups in total. The summed E-state index contributed by atoms with van der Waals surface area (Å²) in [5, 5.41) is 0.483. The summed E-state index contributed by atoms with van der Waals surface area (Å²) in [5.74, 6) is 0.621. The largest absolute Gasteiger partial charge is 0.497 e. The van der Waals surface area contributed by atoms with Gasteiger partial charge in [-0.15, -0.1) is 0 Å². The van der Waals surface area contributed by atoms with Gasteiger partial charge < -0.3 is 4.74 Å². The van der Waals surface area contributed by atoms with Crippen molar-refractivity contribution in [3.63, 3.8) is 0 Å². The lowest BCUT2D eigenvalue weighted by Gasteiger charge is -2.14. The van der Waals surface area contributed by atoms with Gasteiger partial charge in [0, 0.05) is 5.02 Å². The van der Waals surface area contributed by atoms with E-state index in [1.54, 1.807) is 18.2 Å². The number of ether oxygens (including phenoxy) is 1. The SMILES string of the molecule is COc1ccc(C(Br)c2ccc(C(F)(F)F)cc2)c(Cl)c1. The molecule has 0 heterocycles. The van der Waals surface area contributed by atoms with Crippen LogP contribution in [0.1, 0.15) is 21.5 Å². The molecule has 0 bridgehead atoms. The molecule has 21 heavy (non-hydrogen) atoms. The molecule has 112 valence electrons. The molecule has 2 aromatic carbocycles. The average molecular weight is 380 g/mol. The normalized spacial score (nSPS) is 13.0. The minimum absolute atomic E-state index is 0.293. The molecule has 0 aliphatic rings. The summed E-state index contributed by atoms with van der Waals surface area (Å²) < 4.78 is 42.7. The highest BCUT2D eigenvalue weighted by Crippen LogP contribution is 2.38. The summed E-state index contributed by atoms with van der Waals surface area (Å²) in [6.45, 7) is 0. The lowest BCUT2D eigenvalue weighted by Crippen LogP contribution is -2.05. The molecule has 0 fully saturated rings. The third-order valence-corrected chi connectivity index (χ3v) is 4.36. The van der Waals surface area contributed by atoms with E-state index in [1.807, 2.05) is 0 Å². The van der Waals surface area contributed by atoms with E-state index in [2.05, 4.69) is 15.9 Å². The zero-order valence-electron chi connectivity index (χ0n) is 10.9. The Morgan fingerprint density at radius 2 is 1.71 bits per heavy atom. The van der Waals surface area contributed by atoms with Gasteiger partial charge in [-0.1, -0.05) is 45.7 Å². The van der Waals surface area contributed by atoms with E-state index < -0.39 is 11.7 Å². The van der Waals surface area contributed by atoms with Crippen molar-refractivity contribution < 1.29 is 17.9 Å². The Morgan fingerprint density at radius 1 is 1.10 bits per heavy atom. The van der Waals surface area contributed by atoms with Crippen molar-refractivity contribution in [2.45, 2.75) is 11.0 Å². The van der Waals surface area contributed by atoms with E-state index in [-0.39, 0.29) is 4.83 Å². The fourth-order valence-electron chi connectivity index (χ4n) is 1.86. The smallest absolute Gasteiger partial charge is 0.416 e. The van der Waals surface area contributed by atoms with Gasteiger partial charge in [-0.25, -0.2) is 0 Å². The van der Waals surface area contributed by atoms with Gasteiger partial charge in [0.15, 0.2) is 0 Å².